The summed E-state index contributed by atoms with van der Waals surface area (Å²) in [5.41, 5.74) is 2.12. The maximum absolute atomic E-state index is 12.7. The zero-order valence-corrected chi connectivity index (χ0v) is 20.0. The first-order valence-corrected chi connectivity index (χ1v) is 11.9. The van der Waals surface area contributed by atoms with Crippen LogP contribution in [0.3, 0.4) is 0 Å². The highest BCUT2D eigenvalue weighted by Crippen LogP contribution is 2.30. The third-order valence-corrected chi connectivity index (χ3v) is 6.63. The maximum atomic E-state index is 12.7. The second-order valence-corrected chi connectivity index (χ2v) is 9.11. The van der Waals surface area contributed by atoms with Gasteiger partial charge in [-0.25, -0.2) is 4.79 Å². The van der Waals surface area contributed by atoms with E-state index in [9.17, 15) is 14.7 Å². The number of piperazine rings is 1. The predicted molar refractivity (Wildman–Crippen MR) is 136 cm³/mol. The van der Waals surface area contributed by atoms with Gasteiger partial charge in [-0.1, -0.05) is 60.7 Å². The van der Waals surface area contributed by atoms with Gasteiger partial charge in [0.2, 0.25) is 5.95 Å². The molecule has 0 unspecified atom stereocenters. The summed E-state index contributed by atoms with van der Waals surface area (Å²) >= 11 is 0. The Balaban J connectivity index is 1.47. The molecule has 0 radical (unpaired) electrons. The maximum Gasteiger partial charge on any atom is 0.329 e. The summed E-state index contributed by atoms with van der Waals surface area (Å²) in [4.78, 5) is 36.5. The van der Waals surface area contributed by atoms with Crippen molar-refractivity contribution < 1.29 is 5.11 Å². The predicted octanol–water partition coefficient (Wildman–Crippen LogP) is 1.72. The fourth-order valence-corrected chi connectivity index (χ4v) is 4.97. The van der Waals surface area contributed by atoms with Crippen molar-refractivity contribution in [2.75, 3.05) is 31.1 Å². The van der Waals surface area contributed by atoms with E-state index in [-0.39, 0.29) is 12.6 Å². The van der Waals surface area contributed by atoms with Crippen molar-refractivity contribution in [3.8, 4) is 0 Å². The number of benzene rings is 2. The Morgan fingerprint density at radius 2 is 1.51 bits per heavy atom. The molecule has 9 heteroatoms. The molecule has 1 aliphatic rings. The number of aromatic amines is 1. The van der Waals surface area contributed by atoms with Gasteiger partial charge in [0.1, 0.15) is 0 Å². The molecular weight excluding hydrogens is 444 g/mol. The Kier molecular flexibility index (Phi) is 6.27. The second kappa shape index (κ2) is 9.52. The minimum atomic E-state index is -0.676. The summed E-state index contributed by atoms with van der Waals surface area (Å²) in [6.45, 7) is 4.87. The molecule has 2 N–H and O–H groups in total. The minimum absolute atomic E-state index is 0.138. The van der Waals surface area contributed by atoms with Crippen LogP contribution in [0.2, 0.25) is 0 Å². The topological polar surface area (TPSA) is 99.4 Å². The van der Waals surface area contributed by atoms with E-state index >= 15 is 0 Å². The van der Waals surface area contributed by atoms with E-state index in [1.807, 2.05) is 12.1 Å². The standard InChI is InChI=1S/C26H30N6O3/c1-18(33)17-32-22-23(29(2)26(35)28-24(22)34)27-25(32)31-15-13-30(14-16-31)21(19-9-5-3-6-10-19)20-11-7-4-8-12-20/h3-12,18,21,33H,13-17H2,1-2H3,(H,28,34,35)/t18-/m0/s1. The van der Waals surface area contributed by atoms with E-state index in [1.54, 1.807) is 18.5 Å². The lowest BCUT2D eigenvalue weighted by Crippen LogP contribution is -2.48. The first-order chi connectivity index (χ1) is 16.9. The van der Waals surface area contributed by atoms with Gasteiger partial charge in [-0.05, 0) is 18.1 Å². The average Bonchev–Trinajstić information content (AvgIpc) is 3.24. The van der Waals surface area contributed by atoms with Crippen molar-refractivity contribution in [2.45, 2.75) is 25.6 Å². The molecule has 4 aromatic rings. The van der Waals surface area contributed by atoms with Gasteiger partial charge in [-0.15, -0.1) is 0 Å². The van der Waals surface area contributed by atoms with Crippen LogP contribution in [-0.2, 0) is 13.6 Å². The van der Waals surface area contributed by atoms with Gasteiger partial charge >= 0.3 is 5.69 Å². The van der Waals surface area contributed by atoms with Crippen molar-refractivity contribution in [2.24, 2.45) is 7.05 Å². The number of rotatable bonds is 6. The van der Waals surface area contributed by atoms with Crippen LogP contribution in [0, 0.1) is 0 Å². The number of fused-ring (bicyclic) bond motifs is 1. The molecule has 9 nitrogen and oxygen atoms in total. The quantitative estimate of drug-likeness (QED) is 0.442. The van der Waals surface area contributed by atoms with Gasteiger partial charge in [0.25, 0.3) is 5.56 Å². The normalized spacial score (nSPS) is 15.7. The Morgan fingerprint density at radius 3 is 2.06 bits per heavy atom. The van der Waals surface area contributed by atoms with E-state index in [1.165, 1.54) is 15.7 Å². The summed E-state index contributed by atoms with van der Waals surface area (Å²) in [6.07, 6.45) is -0.676. The molecule has 182 valence electrons. The summed E-state index contributed by atoms with van der Waals surface area (Å²) < 4.78 is 3.08. The number of H-pyrrole nitrogens is 1. The van der Waals surface area contributed by atoms with Crippen molar-refractivity contribution in [1.82, 2.24) is 24.0 Å². The highest BCUT2D eigenvalue weighted by Gasteiger charge is 2.29. The highest BCUT2D eigenvalue weighted by atomic mass is 16.3. The largest absolute Gasteiger partial charge is 0.392 e. The molecular formula is C26H30N6O3. The lowest BCUT2D eigenvalue weighted by molar-refractivity contribution is 0.174. The summed E-state index contributed by atoms with van der Waals surface area (Å²) in [7, 11) is 1.59. The van der Waals surface area contributed by atoms with Gasteiger partial charge in [0.05, 0.1) is 18.7 Å². The van der Waals surface area contributed by atoms with E-state index in [2.05, 4.69) is 63.3 Å². The number of aromatic nitrogens is 4. The van der Waals surface area contributed by atoms with Crippen molar-refractivity contribution in [3.63, 3.8) is 0 Å². The fourth-order valence-electron chi connectivity index (χ4n) is 4.97. The van der Waals surface area contributed by atoms with Gasteiger partial charge in [0, 0.05) is 33.2 Å². The number of imidazole rings is 1. The molecule has 0 aliphatic carbocycles. The fraction of sp³-hybridized carbons (Fsp3) is 0.346. The number of nitrogens with one attached hydrogen (secondary N) is 1. The molecule has 5 rings (SSSR count). The van der Waals surface area contributed by atoms with Crippen molar-refractivity contribution >= 4 is 17.1 Å². The molecule has 3 heterocycles. The van der Waals surface area contributed by atoms with Crippen LogP contribution >= 0.6 is 0 Å². The third kappa shape index (κ3) is 4.40. The van der Waals surface area contributed by atoms with E-state index in [0.717, 1.165) is 13.1 Å². The Bertz CT molecular complexity index is 1380. The van der Waals surface area contributed by atoms with Crippen LogP contribution < -0.4 is 16.1 Å². The molecule has 1 saturated heterocycles. The summed E-state index contributed by atoms with van der Waals surface area (Å²) in [5.74, 6) is 0.600. The zero-order valence-electron chi connectivity index (χ0n) is 20.0. The Hall–Kier alpha value is -3.69. The average molecular weight is 475 g/mol. The molecule has 0 amide bonds. The van der Waals surface area contributed by atoms with Crippen molar-refractivity contribution in [1.29, 1.82) is 0 Å². The van der Waals surface area contributed by atoms with Crippen LogP contribution in [0.5, 0.6) is 0 Å². The first kappa shape index (κ1) is 23.1. The number of anilines is 1. The van der Waals surface area contributed by atoms with Crippen LogP contribution in [0.1, 0.15) is 24.1 Å². The number of aliphatic hydroxyl groups excluding tert-OH is 1. The molecule has 1 aliphatic heterocycles. The molecule has 0 saturated carbocycles. The number of aryl methyl sites for hydroxylation is 1. The zero-order chi connectivity index (χ0) is 24.5. The SMILES string of the molecule is C[C@H](O)Cn1c(N2CCN(C(c3ccccc3)c3ccccc3)CC2)nc2c1c(=O)[nH]c(=O)n2C. The van der Waals surface area contributed by atoms with Crippen LogP contribution in [0.15, 0.2) is 70.3 Å². The molecule has 35 heavy (non-hydrogen) atoms. The molecule has 2 aromatic heterocycles. The Morgan fingerprint density at radius 1 is 0.943 bits per heavy atom. The van der Waals surface area contributed by atoms with Gasteiger partial charge in [-0.3, -0.25) is 19.2 Å². The molecule has 1 atom stereocenters. The molecule has 2 aromatic carbocycles. The van der Waals surface area contributed by atoms with Crippen LogP contribution in [0.25, 0.3) is 11.2 Å². The van der Waals surface area contributed by atoms with Crippen molar-refractivity contribution in [3.05, 3.63) is 92.6 Å². The Labute approximate surface area is 202 Å². The van der Waals surface area contributed by atoms with Crippen LogP contribution in [0.4, 0.5) is 5.95 Å². The molecule has 1 fully saturated rings. The van der Waals surface area contributed by atoms with E-state index < -0.39 is 17.4 Å². The summed E-state index contributed by atoms with van der Waals surface area (Å²) in [6, 6.07) is 21.2. The lowest BCUT2D eigenvalue weighted by Gasteiger charge is -2.40. The van der Waals surface area contributed by atoms with Gasteiger partial charge in [-0.2, -0.15) is 4.98 Å². The highest BCUT2D eigenvalue weighted by molar-refractivity contribution is 5.74. The van der Waals surface area contributed by atoms with Crippen LogP contribution in [-0.4, -0.2) is 61.4 Å². The number of aliphatic hydroxyl groups is 1. The lowest BCUT2D eigenvalue weighted by atomic mass is 9.96. The molecule has 0 spiro atoms. The number of hydrogen-bond donors (Lipinski definition) is 2. The third-order valence-electron chi connectivity index (χ3n) is 6.63. The van der Waals surface area contributed by atoms with Gasteiger partial charge in [0.15, 0.2) is 11.2 Å². The van der Waals surface area contributed by atoms with E-state index in [4.69, 9.17) is 4.98 Å². The van der Waals surface area contributed by atoms with Gasteiger partial charge < -0.3 is 14.6 Å². The summed E-state index contributed by atoms with van der Waals surface area (Å²) in [5, 5.41) is 10.1. The number of nitrogens with zero attached hydrogens (tertiary/aromatic N) is 5. The molecule has 0 bridgehead atoms. The first-order valence-electron chi connectivity index (χ1n) is 11.9. The monoisotopic (exact) mass is 474 g/mol. The number of hydrogen-bond acceptors (Lipinski definition) is 6. The smallest absolute Gasteiger partial charge is 0.329 e. The minimum Gasteiger partial charge on any atom is -0.392 e. The second-order valence-electron chi connectivity index (χ2n) is 9.11. The van der Waals surface area contributed by atoms with E-state index in [0.29, 0.717) is 30.2 Å².